The van der Waals surface area contributed by atoms with E-state index in [4.69, 9.17) is 23.7 Å². The molecule has 298 valence electrons. The van der Waals surface area contributed by atoms with Gasteiger partial charge in [0.1, 0.15) is 29.0 Å². The number of likely N-dealkylation sites (tertiary alicyclic amines) is 1. The van der Waals surface area contributed by atoms with Gasteiger partial charge in [-0.3, -0.25) is 9.69 Å². The Bertz CT molecular complexity index is 1660. The molecule has 3 aliphatic heterocycles. The standard InChI is InChI=1S/C39H53F3N4O8/c1-6-7-8-9-10-12-30(44-36(49)54-37(2,3)4)34(47)46-25-38(24-31(46)35(48)50-5)16-15-27-28-23-26(52-20-11-17-45-18-21-51-22-19-45)13-14-29(28)43-33(32(27)53-38)39(40,41)42/h6,13-14,23,30-31H,1,7-12,15-22,24-25H2,2-5H3,(H,44,49). The zero-order chi connectivity index (χ0) is 39.1. The molecule has 2 amide bonds. The van der Waals surface area contributed by atoms with Crippen molar-refractivity contribution in [2.24, 2.45) is 0 Å². The highest BCUT2D eigenvalue weighted by Crippen LogP contribution is 2.48. The van der Waals surface area contributed by atoms with E-state index in [0.717, 1.165) is 45.3 Å². The molecule has 4 heterocycles. The molecule has 0 aliphatic carbocycles. The van der Waals surface area contributed by atoms with E-state index in [1.807, 2.05) is 0 Å². The fraction of sp³-hybridized carbons (Fsp3) is 0.641. The number of alkyl carbamates (subject to hydrolysis) is 1. The molecule has 1 spiro atoms. The number of ether oxygens (including phenoxy) is 5. The minimum atomic E-state index is -4.85. The molecule has 1 N–H and O–H groups in total. The maximum Gasteiger partial charge on any atom is 0.437 e. The van der Waals surface area contributed by atoms with Crippen LogP contribution in [0.5, 0.6) is 11.5 Å². The number of hydrogen-bond donors (Lipinski definition) is 1. The summed E-state index contributed by atoms with van der Waals surface area (Å²) in [4.78, 5) is 47.9. The first-order chi connectivity index (χ1) is 25.6. The number of nitrogens with one attached hydrogen (secondary N) is 1. The Morgan fingerprint density at radius 3 is 2.57 bits per heavy atom. The van der Waals surface area contributed by atoms with E-state index in [1.54, 1.807) is 39.0 Å². The molecular formula is C39H53F3N4O8. The third-order valence-corrected chi connectivity index (χ3v) is 9.97. The van der Waals surface area contributed by atoms with E-state index in [2.05, 4.69) is 21.8 Å². The second-order valence-corrected chi connectivity index (χ2v) is 15.2. The van der Waals surface area contributed by atoms with Gasteiger partial charge in [-0.25, -0.2) is 14.6 Å². The third-order valence-electron chi connectivity index (χ3n) is 9.97. The predicted molar refractivity (Wildman–Crippen MR) is 194 cm³/mol. The number of morpholine rings is 1. The molecule has 2 aromatic rings. The molecule has 3 unspecified atom stereocenters. The van der Waals surface area contributed by atoms with Crippen LogP contribution in [0.3, 0.4) is 0 Å². The molecule has 0 radical (unpaired) electrons. The van der Waals surface area contributed by atoms with Gasteiger partial charge in [0.2, 0.25) is 5.91 Å². The minimum absolute atomic E-state index is 0.106. The Hall–Kier alpha value is -4.11. The van der Waals surface area contributed by atoms with Crippen molar-refractivity contribution in [3.8, 4) is 11.5 Å². The fourth-order valence-electron chi connectivity index (χ4n) is 7.36. The number of nitrogens with zero attached hydrogens (tertiary/aromatic N) is 3. The number of methoxy groups -OCH3 is 1. The summed E-state index contributed by atoms with van der Waals surface area (Å²) in [6.07, 6.45) is 0.427. The van der Waals surface area contributed by atoms with Crippen LogP contribution in [-0.4, -0.2) is 109 Å². The number of carbonyl (C=O) groups excluding carboxylic acids is 3. The Balaban J connectivity index is 1.40. The lowest BCUT2D eigenvalue weighted by Gasteiger charge is -2.37. The van der Waals surface area contributed by atoms with Crippen LogP contribution in [0.1, 0.15) is 83.4 Å². The van der Waals surface area contributed by atoms with E-state index in [9.17, 15) is 27.6 Å². The van der Waals surface area contributed by atoms with Crippen molar-refractivity contribution in [1.29, 1.82) is 0 Å². The van der Waals surface area contributed by atoms with E-state index < -0.39 is 58.9 Å². The second kappa shape index (κ2) is 17.6. The molecule has 15 heteroatoms. The topological polar surface area (TPSA) is 129 Å². The van der Waals surface area contributed by atoms with Crippen LogP contribution in [0.2, 0.25) is 0 Å². The lowest BCUT2D eigenvalue weighted by molar-refractivity contribution is -0.151. The number of esters is 1. The number of benzene rings is 1. The summed E-state index contributed by atoms with van der Waals surface area (Å²) >= 11 is 0. The summed E-state index contributed by atoms with van der Waals surface area (Å²) in [5.74, 6) is -1.23. The van der Waals surface area contributed by atoms with Crippen molar-refractivity contribution in [2.75, 3.05) is 53.1 Å². The summed E-state index contributed by atoms with van der Waals surface area (Å²) in [5, 5.41) is 3.15. The van der Waals surface area contributed by atoms with Gasteiger partial charge in [-0.2, -0.15) is 13.2 Å². The normalized spacial score (nSPS) is 20.9. The van der Waals surface area contributed by atoms with Gasteiger partial charge in [0.15, 0.2) is 11.4 Å². The number of rotatable bonds is 14. The lowest BCUT2D eigenvalue weighted by atomic mass is 9.87. The number of unbranched alkanes of at least 4 members (excludes halogenated alkanes) is 3. The van der Waals surface area contributed by atoms with Crippen LogP contribution in [0.25, 0.3) is 10.9 Å². The minimum Gasteiger partial charge on any atom is -0.494 e. The van der Waals surface area contributed by atoms with Gasteiger partial charge >= 0.3 is 18.2 Å². The summed E-state index contributed by atoms with van der Waals surface area (Å²) in [6.45, 7) is 13.0. The molecule has 3 atom stereocenters. The summed E-state index contributed by atoms with van der Waals surface area (Å²) < 4.78 is 72.2. The summed E-state index contributed by atoms with van der Waals surface area (Å²) in [6, 6.07) is 2.61. The maximum atomic E-state index is 14.6. The van der Waals surface area contributed by atoms with Gasteiger partial charge in [-0.15, -0.1) is 6.58 Å². The van der Waals surface area contributed by atoms with Gasteiger partial charge < -0.3 is 33.9 Å². The largest absolute Gasteiger partial charge is 0.494 e. The number of allylic oxidation sites excluding steroid dienone is 1. The first-order valence-corrected chi connectivity index (χ1v) is 18.8. The Labute approximate surface area is 314 Å². The molecule has 2 fully saturated rings. The molecule has 12 nitrogen and oxygen atoms in total. The molecule has 5 rings (SSSR count). The molecular weight excluding hydrogens is 709 g/mol. The number of aryl methyl sites for hydroxylation is 1. The van der Waals surface area contributed by atoms with Crippen LogP contribution < -0.4 is 14.8 Å². The number of fused-ring (bicyclic) bond motifs is 3. The lowest BCUT2D eigenvalue weighted by Crippen LogP contribution is -2.53. The number of alkyl halides is 3. The number of halogens is 3. The number of carbonyl (C=O) groups is 3. The SMILES string of the molecule is C=CCCCCCC(NC(=O)OC(C)(C)C)C(=O)N1CC2(CCc3c(c(C(F)(F)F)nc4ccc(OCCCN5CCOCC5)cc34)O2)CC1C(=O)OC. The van der Waals surface area contributed by atoms with Gasteiger partial charge in [-0.05, 0) is 77.5 Å². The average molecular weight is 763 g/mol. The van der Waals surface area contributed by atoms with Crippen LogP contribution >= 0.6 is 0 Å². The Kier molecular flexibility index (Phi) is 13.4. The van der Waals surface area contributed by atoms with Crippen molar-refractivity contribution in [3.05, 3.63) is 42.1 Å². The highest BCUT2D eigenvalue weighted by molar-refractivity contribution is 5.91. The van der Waals surface area contributed by atoms with Gasteiger partial charge in [0, 0.05) is 37.0 Å². The summed E-state index contributed by atoms with van der Waals surface area (Å²) in [7, 11) is 1.18. The Morgan fingerprint density at radius 1 is 1.13 bits per heavy atom. The number of pyridine rings is 1. The molecule has 1 aromatic carbocycles. The first-order valence-electron chi connectivity index (χ1n) is 18.8. The van der Waals surface area contributed by atoms with Crippen LogP contribution in [0.4, 0.5) is 18.0 Å². The van der Waals surface area contributed by atoms with Crippen molar-refractivity contribution in [3.63, 3.8) is 0 Å². The maximum absolute atomic E-state index is 14.6. The summed E-state index contributed by atoms with van der Waals surface area (Å²) in [5.41, 5.74) is -2.88. The number of amides is 2. The van der Waals surface area contributed by atoms with Crippen LogP contribution in [0.15, 0.2) is 30.9 Å². The predicted octanol–water partition coefficient (Wildman–Crippen LogP) is 6.22. The van der Waals surface area contributed by atoms with Crippen molar-refractivity contribution in [2.45, 2.75) is 108 Å². The zero-order valence-corrected chi connectivity index (χ0v) is 31.7. The zero-order valence-electron chi connectivity index (χ0n) is 31.7. The van der Waals surface area contributed by atoms with Gasteiger partial charge in [-0.1, -0.05) is 18.9 Å². The van der Waals surface area contributed by atoms with Crippen LogP contribution in [-0.2, 0) is 36.4 Å². The Morgan fingerprint density at radius 2 is 1.89 bits per heavy atom. The third kappa shape index (κ3) is 10.3. The quantitative estimate of drug-likeness (QED) is 0.135. The van der Waals surface area contributed by atoms with E-state index >= 15 is 0 Å². The number of aromatic nitrogens is 1. The van der Waals surface area contributed by atoms with Crippen LogP contribution in [0, 0.1) is 0 Å². The van der Waals surface area contributed by atoms with E-state index in [0.29, 0.717) is 42.9 Å². The average Bonchev–Trinajstić information content (AvgIpc) is 3.49. The highest BCUT2D eigenvalue weighted by Gasteiger charge is 2.55. The van der Waals surface area contributed by atoms with Gasteiger partial charge in [0.25, 0.3) is 0 Å². The molecule has 54 heavy (non-hydrogen) atoms. The molecule has 2 saturated heterocycles. The van der Waals surface area contributed by atoms with Crippen molar-refractivity contribution in [1.82, 2.24) is 20.1 Å². The fourth-order valence-corrected chi connectivity index (χ4v) is 7.36. The van der Waals surface area contributed by atoms with E-state index in [1.165, 1.54) is 18.1 Å². The van der Waals surface area contributed by atoms with Crippen molar-refractivity contribution >= 4 is 28.9 Å². The highest BCUT2D eigenvalue weighted by atomic mass is 19.4. The molecule has 3 aliphatic rings. The molecule has 0 saturated carbocycles. The molecule has 1 aromatic heterocycles. The monoisotopic (exact) mass is 762 g/mol. The van der Waals surface area contributed by atoms with Crippen molar-refractivity contribution < 1.29 is 51.2 Å². The van der Waals surface area contributed by atoms with E-state index in [-0.39, 0.29) is 37.7 Å². The number of hydrogen-bond acceptors (Lipinski definition) is 10. The first kappa shape index (κ1) is 41.1. The second-order valence-electron chi connectivity index (χ2n) is 15.2. The smallest absolute Gasteiger partial charge is 0.437 e. The molecule has 0 bridgehead atoms. The van der Waals surface area contributed by atoms with Gasteiger partial charge in [0.05, 0.1) is 39.0 Å².